The van der Waals surface area contributed by atoms with Crippen LogP contribution < -0.4 is 10.1 Å². The quantitative estimate of drug-likeness (QED) is 0.477. The van der Waals surface area contributed by atoms with Crippen LogP contribution in [0.15, 0.2) is 23.6 Å². The lowest BCUT2D eigenvalue weighted by Gasteiger charge is -2.07. The number of esters is 1. The van der Waals surface area contributed by atoms with Gasteiger partial charge in [-0.25, -0.2) is 4.98 Å². The number of benzene rings is 1. The van der Waals surface area contributed by atoms with E-state index in [-0.39, 0.29) is 25.5 Å². The highest BCUT2D eigenvalue weighted by molar-refractivity contribution is 7.13. The number of amides is 1. The third kappa shape index (κ3) is 6.82. The molecule has 1 aromatic carbocycles. The maximum atomic E-state index is 11.9. The van der Waals surface area contributed by atoms with E-state index in [1.807, 2.05) is 12.1 Å². The number of hydrogen-bond donors (Lipinski definition) is 1. The Hall–Kier alpha value is -2.16. The number of thiazole rings is 1. The van der Waals surface area contributed by atoms with Crippen LogP contribution in [0.1, 0.15) is 12.6 Å². The van der Waals surface area contributed by atoms with Gasteiger partial charge in [0.2, 0.25) is 5.91 Å². The summed E-state index contributed by atoms with van der Waals surface area (Å²) in [4.78, 5) is 27.6. The number of ether oxygens (including phenoxy) is 3. The van der Waals surface area contributed by atoms with Gasteiger partial charge in [0.05, 0.1) is 30.4 Å². The normalized spacial score (nSPS) is 10.5. The molecule has 0 radical (unpaired) electrons. The Morgan fingerprint density at radius 3 is 2.81 bits per heavy atom. The van der Waals surface area contributed by atoms with E-state index in [2.05, 4.69) is 10.3 Å². The number of halogens is 1. The van der Waals surface area contributed by atoms with E-state index < -0.39 is 5.97 Å². The van der Waals surface area contributed by atoms with Crippen LogP contribution in [0.5, 0.6) is 5.75 Å². The van der Waals surface area contributed by atoms with Gasteiger partial charge in [-0.2, -0.15) is 0 Å². The molecule has 0 aliphatic heterocycles. The summed E-state index contributed by atoms with van der Waals surface area (Å²) in [6.07, 6.45) is 0.0751. The van der Waals surface area contributed by atoms with Crippen molar-refractivity contribution in [3.05, 3.63) is 34.3 Å². The molecule has 0 spiro atoms. The van der Waals surface area contributed by atoms with Crippen LogP contribution in [0.25, 0.3) is 10.6 Å². The maximum absolute atomic E-state index is 11.9. The molecule has 7 nitrogen and oxygen atoms in total. The predicted octanol–water partition coefficient (Wildman–Crippen LogP) is 2.71. The molecule has 2 rings (SSSR count). The highest BCUT2D eigenvalue weighted by Gasteiger charge is 2.13. The molecule has 2 aromatic rings. The van der Waals surface area contributed by atoms with E-state index in [0.717, 1.165) is 5.56 Å². The SMILES string of the molecule is CCOC(=O)CNC(=O)Cc1csc(-c2ccc(OCCOC)cc2Cl)n1. The molecule has 9 heteroatoms. The number of hydrogen-bond acceptors (Lipinski definition) is 7. The van der Waals surface area contributed by atoms with Gasteiger partial charge in [0.25, 0.3) is 0 Å². The van der Waals surface area contributed by atoms with Crippen molar-refractivity contribution in [2.75, 3.05) is 33.5 Å². The second kappa shape index (κ2) is 10.9. The van der Waals surface area contributed by atoms with Gasteiger partial charge in [-0.1, -0.05) is 11.6 Å². The Kier molecular flexibility index (Phi) is 8.50. The average molecular weight is 413 g/mol. The molecule has 1 heterocycles. The minimum Gasteiger partial charge on any atom is -0.491 e. The number of carbonyl (C=O) groups excluding carboxylic acids is 2. The van der Waals surface area contributed by atoms with Gasteiger partial charge < -0.3 is 19.5 Å². The predicted molar refractivity (Wildman–Crippen MR) is 103 cm³/mol. The summed E-state index contributed by atoms with van der Waals surface area (Å²) in [6.45, 7) is 2.77. The van der Waals surface area contributed by atoms with Crippen LogP contribution in [0.4, 0.5) is 0 Å². The van der Waals surface area contributed by atoms with E-state index in [1.165, 1.54) is 11.3 Å². The van der Waals surface area contributed by atoms with Gasteiger partial charge in [0.15, 0.2) is 0 Å². The standard InChI is InChI=1S/C18H21ClN2O5S/c1-3-25-17(23)10-20-16(22)8-12-11-27-18(21-12)14-5-4-13(9-15(14)19)26-7-6-24-2/h4-5,9,11H,3,6-8,10H2,1-2H3,(H,20,22). The van der Waals surface area contributed by atoms with Crippen LogP contribution in [0, 0.1) is 0 Å². The first kappa shape index (κ1) is 21.1. The number of nitrogens with one attached hydrogen (secondary N) is 1. The highest BCUT2D eigenvalue weighted by atomic mass is 35.5. The van der Waals surface area contributed by atoms with Gasteiger partial charge in [0.1, 0.15) is 23.9 Å². The van der Waals surface area contributed by atoms with Crippen LogP contribution >= 0.6 is 22.9 Å². The molecule has 0 fully saturated rings. The number of rotatable bonds is 10. The van der Waals surface area contributed by atoms with Crippen molar-refractivity contribution in [2.24, 2.45) is 0 Å². The Morgan fingerprint density at radius 1 is 1.30 bits per heavy atom. The number of nitrogens with zero attached hydrogens (tertiary/aromatic N) is 1. The van der Waals surface area contributed by atoms with Gasteiger partial charge >= 0.3 is 5.97 Å². The molecule has 1 aromatic heterocycles. The summed E-state index contributed by atoms with van der Waals surface area (Å²) in [5.41, 5.74) is 1.37. The fourth-order valence-corrected chi connectivity index (χ4v) is 3.30. The fraction of sp³-hybridized carbons (Fsp3) is 0.389. The summed E-state index contributed by atoms with van der Waals surface area (Å²) >= 11 is 7.72. The minimum absolute atomic E-state index is 0.0751. The lowest BCUT2D eigenvalue weighted by atomic mass is 10.2. The zero-order valence-corrected chi connectivity index (χ0v) is 16.7. The molecule has 0 saturated carbocycles. The maximum Gasteiger partial charge on any atom is 0.325 e. The molecule has 1 amide bonds. The monoisotopic (exact) mass is 412 g/mol. The van der Waals surface area contributed by atoms with Crippen LogP contribution in [0.3, 0.4) is 0 Å². The third-order valence-electron chi connectivity index (χ3n) is 3.36. The average Bonchev–Trinajstić information content (AvgIpc) is 3.09. The Balaban J connectivity index is 1.94. The first-order valence-corrected chi connectivity index (χ1v) is 9.57. The summed E-state index contributed by atoms with van der Waals surface area (Å²) in [6, 6.07) is 5.36. The van der Waals surface area contributed by atoms with Crippen molar-refractivity contribution in [3.8, 4) is 16.3 Å². The first-order chi connectivity index (χ1) is 13.0. The molecule has 0 aliphatic carbocycles. The van der Waals surface area contributed by atoms with Crippen molar-refractivity contribution in [2.45, 2.75) is 13.3 Å². The molecule has 0 aliphatic rings. The van der Waals surface area contributed by atoms with Gasteiger partial charge in [-0.3, -0.25) is 9.59 Å². The molecule has 1 N–H and O–H groups in total. The molecule has 0 bridgehead atoms. The van der Waals surface area contributed by atoms with Crippen molar-refractivity contribution in [1.29, 1.82) is 0 Å². The summed E-state index contributed by atoms with van der Waals surface area (Å²) in [5, 5.41) is 5.51. The first-order valence-electron chi connectivity index (χ1n) is 8.31. The smallest absolute Gasteiger partial charge is 0.325 e. The highest BCUT2D eigenvalue weighted by Crippen LogP contribution is 2.33. The zero-order valence-electron chi connectivity index (χ0n) is 15.1. The lowest BCUT2D eigenvalue weighted by molar-refractivity contribution is -0.143. The Bertz CT molecular complexity index is 781. The number of methoxy groups -OCH3 is 1. The molecule has 0 saturated heterocycles. The Labute approximate surface area is 166 Å². The number of aromatic nitrogens is 1. The Morgan fingerprint density at radius 2 is 2.11 bits per heavy atom. The molecule has 0 atom stereocenters. The third-order valence-corrected chi connectivity index (χ3v) is 4.59. The minimum atomic E-state index is -0.468. The van der Waals surface area contributed by atoms with Gasteiger partial charge in [0, 0.05) is 18.1 Å². The zero-order chi connectivity index (χ0) is 19.6. The van der Waals surface area contributed by atoms with Crippen LogP contribution in [-0.2, 0) is 25.5 Å². The number of carbonyl (C=O) groups is 2. The van der Waals surface area contributed by atoms with Crippen molar-refractivity contribution >= 4 is 34.8 Å². The topological polar surface area (TPSA) is 86.8 Å². The van der Waals surface area contributed by atoms with E-state index >= 15 is 0 Å². The molecule has 27 heavy (non-hydrogen) atoms. The second-order valence-corrected chi connectivity index (χ2v) is 6.65. The van der Waals surface area contributed by atoms with E-state index in [4.69, 9.17) is 25.8 Å². The largest absolute Gasteiger partial charge is 0.491 e. The summed E-state index contributed by atoms with van der Waals surface area (Å²) in [5.74, 6) is -0.117. The lowest BCUT2D eigenvalue weighted by Crippen LogP contribution is -2.31. The van der Waals surface area contributed by atoms with Crippen LogP contribution in [-0.4, -0.2) is 50.3 Å². The van der Waals surface area contributed by atoms with Crippen LogP contribution in [0.2, 0.25) is 5.02 Å². The second-order valence-electron chi connectivity index (χ2n) is 5.39. The van der Waals surface area contributed by atoms with Gasteiger partial charge in [-0.05, 0) is 25.1 Å². The summed E-state index contributed by atoms with van der Waals surface area (Å²) < 4.78 is 15.2. The van der Waals surface area contributed by atoms with Gasteiger partial charge in [-0.15, -0.1) is 11.3 Å². The van der Waals surface area contributed by atoms with Crippen molar-refractivity contribution in [1.82, 2.24) is 10.3 Å². The molecule has 0 unspecified atom stereocenters. The van der Waals surface area contributed by atoms with E-state index in [9.17, 15) is 9.59 Å². The van der Waals surface area contributed by atoms with E-state index in [1.54, 1.807) is 25.5 Å². The summed E-state index contributed by atoms with van der Waals surface area (Å²) in [7, 11) is 1.61. The fourth-order valence-electron chi connectivity index (χ4n) is 2.12. The van der Waals surface area contributed by atoms with Crippen molar-refractivity contribution in [3.63, 3.8) is 0 Å². The molecular weight excluding hydrogens is 392 g/mol. The van der Waals surface area contributed by atoms with Crippen molar-refractivity contribution < 1.29 is 23.8 Å². The molecule has 146 valence electrons. The molecular formula is C18H21ClN2O5S. The van der Waals surface area contributed by atoms with E-state index in [0.29, 0.717) is 34.7 Å².